The molecule has 2 aliphatic rings. The van der Waals surface area contributed by atoms with Crippen molar-refractivity contribution in [3.05, 3.63) is 83.6 Å². The molecule has 36 heavy (non-hydrogen) atoms. The van der Waals surface area contributed by atoms with Crippen LogP contribution < -0.4 is 4.90 Å². The van der Waals surface area contributed by atoms with Crippen molar-refractivity contribution in [1.29, 1.82) is 0 Å². The van der Waals surface area contributed by atoms with Gasteiger partial charge in [0, 0.05) is 58.6 Å². The van der Waals surface area contributed by atoms with Crippen LogP contribution >= 0.6 is 8.25 Å². The number of allylic oxidation sites excluding steroid dienone is 4. The fourth-order valence-corrected chi connectivity index (χ4v) is 5.87. The third-order valence-corrected chi connectivity index (χ3v) is 7.78. The van der Waals surface area contributed by atoms with Crippen molar-refractivity contribution >= 4 is 25.3 Å². The Kier molecular flexibility index (Phi) is 7.91. The molecule has 2 aromatic carbocycles. The standard InChI is InChI=1S/C29H36N2O4P/c1-28(2)22-12-5-7-14-24(22)30(18-10-20-32)26(28)16-9-17-27-29(3,4)23-13-6-8-15-25(23)31(27)19-11-21-35-36(33)34/h5-9,12-17,32H,10-11,18-21H2,1-4H3/q+1/p+1. The normalized spacial score (nSPS) is 19.3. The summed E-state index contributed by atoms with van der Waals surface area (Å²) in [4.78, 5) is 11.3. The van der Waals surface area contributed by atoms with Crippen LogP contribution in [0.25, 0.3) is 0 Å². The van der Waals surface area contributed by atoms with E-state index in [0.717, 1.165) is 6.54 Å². The van der Waals surface area contributed by atoms with Crippen LogP contribution in [0.1, 0.15) is 51.7 Å². The number of hydrogen-bond acceptors (Lipinski definition) is 4. The number of aliphatic hydroxyl groups excluding tert-OH is 1. The lowest BCUT2D eigenvalue weighted by Gasteiger charge is -2.26. The van der Waals surface area contributed by atoms with Crippen LogP contribution in [-0.4, -0.2) is 46.6 Å². The first-order chi connectivity index (χ1) is 17.2. The zero-order chi connectivity index (χ0) is 25.9. The Morgan fingerprint density at radius 3 is 2.42 bits per heavy atom. The van der Waals surface area contributed by atoms with Gasteiger partial charge in [-0.15, -0.1) is 9.42 Å². The summed E-state index contributed by atoms with van der Waals surface area (Å²) in [5, 5.41) is 9.49. The van der Waals surface area contributed by atoms with E-state index in [-0.39, 0.29) is 24.0 Å². The molecule has 0 aliphatic carbocycles. The quantitative estimate of drug-likeness (QED) is 0.243. The first kappa shape index (κ1) is 26.4. The number of aliphatic hydroxyl groups is 1. The van der Waals surface area contributed by atoms with Gasteiger partial charge in [-0.2, -0.15) is 4.58 Å². The van der Waals surface area contributed by atoms with Crippen molar-refractivity contribution in [2.75, 3.05) is 31.2 Å². The molecule has 0 saturated carbocycles. The van der Waals surface area contributed by atoms with Gasteiger partial charge >= 0.3 is 8.25 Å². The van der Waals surface area contributed by atoms with Gasteiger partial charge in [0.15, 0.2) is 12.3 Å². The fraction of sp³-hybridized carbons (Fsp3) is 0.414. The number of benzene rings is 2. The predicted octanol–water partition coefficient (Wildman–Crippen LogP) is 5.74. The lowest BCUT2D eigenvalue weighted by Crippen LogP contribution is -2.28. The average molecular weight is 509 g/mol. The number of nitrogens with zero attached hydrogens (tertiary/aromatic N) is 2. The van der Waals surface area contributed by atoms with Gasteiger partial charge in [-0.3, -0.25) is 0 Å². The molecule has 2 aliphatic heterocycles. The first-order valence-corrected chi connectivity index (χ1v) is 13.7. The van der Waals surface area contributed by atoms with Crippen LogP contribution in [0.15, 0.2) is 72.5 Å². The lowest BCUT2D eigenvalue weighted by atomic mass is 9.81. The van der Waals surface area contributed by atoms with E-state index in [1.165, 1.54) is 33.9 Å². The van der Waals surface area contributed by atoms with E-state index in [0.29, 0.717) is 19.4 Å². The SMILES string of the molecule is CC1(C)C(=CC=CC2=[N+](CCCO[P+](=O)O)c3ccccc3C2(C)C)N(CCCO)c2ccccc21. The zero-order valence-electron chi connectivity index (χ0n) is 21.6. The minimum Gasteiger partial charge on any atom is -0.396 e. The highest BCUT2D eigenvalue weighted by molar-refractivity contribution is 7.32. The summed E-state index contributed by atoms with van der Waals surface area (Å²) in [7, 11) is -2.58. The molecule has 0 aromatic heterocycles. The molecular formula is C29H37N2O4P+2. The summed E-state index contributed by atoms with van der Waals surface area (Å²) in [5.74, 6) is 0. The Hall–Kier alpha value is -2.63. The summed E-state index contributed by atoms with van der Waals surface area (Å²) in [6.07, 6.45) is 7.90. The molecule has 2 heterocycles. The van der Waals surface area contributed by atoms with Gasteiger partial charge in [0.05, 0.1) is 5.41 Å². The Balaban J connectivity index is 1.69. The molecule has 7 heteroatoms. The van der Waals surface area contributed by atoms with Crippen molar-refractivity contribution < 1.29 is 23.7 Å². The van der Waals surface area contributed by atoms with Crippen LogP contribution in [0, 0.1) is 0 Å². The van der Waals surface area contributed by atoms with Gasteiger partial charge < -0.3 is 10.0 Å². The molecule has 1 atom stereocenters. The van der Waals surface area contributed by atoms with E-state index < -0.39 is 8.25 Å². The summed E-state index contributed by atoms with van der Waals surface area (Å²) in [6, 6.07) is 17.0. The summed E-state index contributed by atoms with van der Waals surface area (Å²) in [5.41, 5.74) is 7.02. The maximum absolute atomic E-state index is 10.9. The predicted molar refractivity (Wildman–Crippen MR) is 145 cm³/mol. The average Bonchev–Trinajstić information content (AvgIpc) is 3.20. The summed E-state index contributed by atoms with van der Waals surface area (Å²) < 4.78 is 18.1. The minimum atomic E-state index is -2.58. The molecule has 0 fully saturated rings. The first-order valence-electron chi connectivity index (χ1n) is 12.6. The number of para-hydroxylation sites is 2. The van der Waals surface area contributed by atoms with E-state index in [2.05, 4.69) is 104 Å². The maximum atomic E-state index is 10.9. The van der Waals surface area contributed by atoms with E-state index >= 15 is 0 Å². The number of rotatable bonds is 10. The molecule has 2 aromatic rings. The molecule has 0 bridgehead atoms. The van der Waals surface area contributed by atoms with Crippen molar-refractivity contribution in [2.45, 2.75) is 51.4 Å². The monoisotopic (exact) mass is 508 g/mol. The van der Waals surface area contributed by atoms with Gasteiger partial charge in [-0.25, -0.2) is 0 Å². The van der Waals surface area contributed by atoms with E-state index in [4.69, 9.17) is 9.42 Å². The molecule has 4 rings (SSSR count). The molecule has 0 spiro atoms. The van der Waals surface area contributed by atoms with Crippen molar-refractivity contribution in [2.24, 2.45) is 0 Å². The highest BCUT2D eigenvalue weighted by Crippen LogP contribution is 2.47. The fourth-order valence-electron chi connectivity index (χ4n) is 5.59. The second kappa shape index (κ2) is 10.8. The Morgan fingerprint density at radius 1 is 1.00 bits per heavy atom. The molecule has 0 radical (unpaired) electrons. The minimum absolute atomic E-state index is 0.146. The van der Waals surface area contributed by atoms with Crippen LogP contribution in [0.2, 0.25) is 0 Å². The van der Waals surface area contributed by atoms with Crippen LogP contribution in [0.3, 0.4) is 0 Å². The van der Waals surface area contributed by atoms with E-state index in [1.807, 2.05) is 0 Å². The smallest absolute Gasteiger partial charge is 0.396 e. The second-order valence-electron chi connectivity index (χ2n) is 10.4. The summed E-state index contributed by atoms with van der Waals surface area (Å²) >= 11 is 0. The topological polar surface area (TPSA) is 73.0 Å². The number of hydrogen-bond donors (Lipinski definition) is 2. The summed E-state index contributed by atoms with van der Waals surface area (Å²) in [6.45, 7) is 10.8. The molecule has 0 saturated heterocycles. The van der Waals surface area contributed by atoms with Crippen molar-refractivity contribution in [3.8, 4) is 0 Å². The third kappa shape index (κ3) is 4.96. The number of fused-ring (bicyclic) bond motifs is 2. The molecule has 2 N–H and O–H groups in total. The highest BCUT2D eigenvalue weighted by Gasteiger charge is 2.44. The van der Waals surface area contributed by atoms with Gasteiger partial charge in [0.25, 0.3) is 0 Å². The molecule has 0 amide bonds. The van der Waals surface area contributed by atoms with E-state index in [1.54, 1.807) is 0 Å². The third-order valence-electron chi connectivity index (χ3n) is 7.37. The van der Waals surface area contributed by atoms with E-state index in [9.17, 15) is 9.67 Å². The number of anilines is 1. The van der Waals surface area contributed by atoms with Gasteiger partial charge in [-0.1, -0.05) is 56.3 Å². The molecule has 6 nitrogen and oxygen atoms in total. The zero-order valence-corrected chi connectivity index (χ0v) is 22.5. The van der Waals surface area contributed by atoms with Crippen LogP contribution in [-0.2, 0) is 19.9 Å². The lowest BCUT2D eigenvalue weighted by molar-refractivity contribution is -0.438. The van der Waals surface area contributed by atoms with Gasteiger partial charge in [0.2, 0.25) is 5.69 Å². The van der Waals surface area contributed by atoms with Crippen molar-refractivity contribution in [1.82, 2.24) is 0 Å². The maximum Gasteiger partial charge on any atom is 0.694 e. The Bertz CT molecular complexity index is 1230. The molecular weight excluding hydrogens is 471 g/mol. The van der Waals surface area contributed by atoms with Crippen LogP contribution in [0.4, 0.5) is 11.4 Å². The highest BCUT2D eigenvalue weighted by atomic mass is 31.1. The van der Waals surface area contributed by atoms with Crippen LogP contribution in [0.5, 0.6) is 0 Å². The Morgan fingerprint density at radius 2 is 1.69 bits per heavy atom. The van der Waals surface area contributed by atoms with Gasteiger partial charge in [-0.05, 0) is 38.0 Å². The molecule has 1 unspecified atom stereocenters. The largest absolute Gasteiger partial charge is 0.694 e. The van der Waals surface area contributed by atoms with Gasteiger partial charge in [0.1, 0.15) is 6.61 Å². The van der Waals surface area contributed by atoms with Crippen molar-refractivity contribution in [3.63, 3.8) is 0 Å². The Labute approximate surface area is 215 Å². The molecule has 190 valence electrons. The second-order valence-corrected chi connectivity index (χ2v) is 11.1.